The van der Waals surface area contributed by atoms with Crippen molar-refractivity contribution in [3.8, 4) is 5.69 Å². The summed E-state index contributed by atoms with van der Waals surface area (Å²) in [5.74, 6) is 3.76. The average Bonchev–Trinajstić information content (AvgIpc) is 3.42. The smallest absolute Gasteiger partial charge is 0.352 e. The lowest BCUT2D eigenvalue weighted by molar-refractivity contribution is -0.0381. The number of benzene rings is 1. The Hall–Kier alpha value is -2.08. The third-order valence-corrected chi connectivity index (χ3v) is 7.70. The van der Waals surface area contributed by atoms with Gasteiger partial charge in [-0.25, -0.2) is 23.5 Å². The Morgan fingerprint density at radius 1 is 1.00 bits per heavy atom. The summed E-state index contributed by atoms with van der Waals surface area (Å²) < 4.78 is 10.6. The zero-order valence-electron chi connectivity index (χ0n) is 13.2. The first-order valence-electron chi connectivity index (χ1n) is 8.75. The van der Waals surface area contributed by atoms with E-state index in [1.165, 1.54) is 4.57 Å². The number of para-hydroxylation sites is 1. The van der Waals surface area contributed by atoms with Crippen LogP contribution in [0.25, 0.3) is 5.69 Å². The number of hydrogen-bond acceptors (Lipinski definition) is 3. The predicted molar refractivity (Wildman–Crippen MR) is 84.1 cm³/mol. The minimum Gasteiger partial charge on any atom is -0.382 e. The fourth-order valence-corrected chi connectivity index (χ4v) is 7.39. The first-order valence-corrected chi connectivity index (χ1v) is 8.75. The van der Waals surface area contributed by atoms with Crippen LogP contribution >= 0.6 is 0 Å². The summed E-state index contributed by atoms with van der Waals surface area (Å²) in [6.07, 6.45) is 0. The van der Waals surface area contributed by atoms with Gasteiger partial charge in [0.05, 0.1) is 23.9 Å². The van der Waals surface area contributed by atoms with Gasteiger partial charge in [-0.15, -0.1) is 0 Å². The van der Waals surface area contributed by atoms with Gasteiger partial charge in [-0.2, -0.15) is 0 Å². The molecule has 2 bridgehead atoms. The van der Waals surface area contributed by atoms with Gasteiger partial charge in [-0.05, 0) is 47.6 Å². The minimum absolute atomic E-state index is 0.174. The van der Waals surface area contributed by atoms with Crippen molar-refractivity contribution in [2.75, 3.05) is 13.7 Å². The molecule has 0 saturated heterocycles. The van der Waals surface area contributed by atoms with E-state index >= 15 is 0 Å². The molecule has 6 aliphatic rings. The summed E-state index contributed by atoms with van der Waals surface area (Å²) in [7, 11) is 1.71. The Morgan fingerprint density at radius 2 is 1.67 bits per heavy atom. The summed E-state index contributed by atoms with van der Waals surface area (Å²) in [5.41, 5.74) is 0.0171. The third-order valence-electron chi connectivity index (χ3n) is 7.70. The molecular weight excluding hydrogens is 306 g/mol. The van der Waals surface area contributed by atoms with E-state index in [2.05, 4.69) is 0 Å². The number of aromatic nitrogens is 3. The van der Waals surface area contributed by atoms with Gasteiger partial charge in [0, 0.05) is 7.11 Å². The maximum atomic E-state index is 13.3. The first-order chi connectivity index (χ1) is 11.7. The van der Waals surface area contributed by atoms with Crippen LogP contribution in [0.2, 0.25) is 0 Å². The molecule has 0 radical (unpaired) electrons. The number of hydrogen-bond donors (Lipinski definition) is 0. The summed E-state index contributed by atoms with van der Waals surface area (Å²) >= 11 is 0. The SMILES string of the molecule is COCC12[C@@H]3[C@H]4C([C@@H]5[C@@H]([C@@H]43)[C@@H]51)n1c(=O)n(-c3ccccc3)c(=O)n12. The van der Waals surface area contributed by atoms with E-state index in [1.54, 1.807) is 7.11 Å². The van der Waals surface area contributed by atoms with Crippen molar-refractivity contribution >= 4 is 0 Å². The number of methoxy groups -OCH3 is 1. The number of rotatable bonds is 3. The molecule has 6 nitrogen and oxygen atoms in total. The second kappa shape index (κ2) is 3.33. The fourth-order valence-electron chi connectivity index (χ4n) is 7.39. The molecule has 4 saturated carbocycles. The molecule has 2 aliphatic heterocycles. The molecule has 4 fully saturated rings. The normalized spacial score (nSPS) is 47.0. The van der Waals surface area contributed by atoms with Crippen LogP contribution in [0.15, 0.2) is 39.9 Å². The maximum Gasteiger partial charge on any atom is 0.352 e. The van der Waals surface area contributed by atoms with Crippen molar-refractivity contribution < 1.29 is 4.74 Å². The van der Waals surface area contributed by atoms with Gasteiger partial charge >= 0.3 is 11.4 Å². The van der Waals surface area contributed by atoms with Crippen molar-refractivity contribution in [2.45, 2.75) is 11.6 Å². The highest BCUT2D eigenvalue weighted by molar-refractivity contribution is 5.42. The van der Waals surface area contributed by atoms with Crippen LogP contribution in [-0.2, 0) is 10.3 Å². The van der Waals surface area contributed by atoms with E-state index in [9.17, 15) is 9.59 Å². The topological polar surface area (TPSA) is 58.2 Å². The summed E-state index contributed by atoms with van der Waals surface area (Å²) in [5, 5.41) is 0. The Labute approximate surface area is 137 Å². The van der Waals surface area contributed by atoms with E-state index in [-0.39, 0.29) is 23.0 Å². The highest BCUT2D eigenvalue weighted by atomic mass is 16.5. The van der Waals surface area contributed by atoms with Crippen molar-refractivity contribution in [2.24, 2.45) is 35.5 Å². The zero-order valence-corrected chi connectivity index (χ0v) is 13.2. The summed E-state index contributed by atoms with van der Waals surface area (Å²) in [4.78, 5) is 26.5. The van der Waals surface area contributed by atoms with Crippen LogP contribution in [0.4, 0.5) is 0 Å². The zero-order chi connectivity index (χ0) is 16.0. The Balaban J connectivity index is 1.58. The average molecular weight is 323 g/mol. The van der Waals surface area contributed by atoms with Crippen molar-refractivity contribution in [1.82, 2.24) is 13.9 Å². The van der Waals surface area contributed by atoms with Crippen molar-refractivity contribution in [3.05, 3.63) is 51.3 Å². The van der Waals surface area contributed by atoms with Crippen LogP contribution in [0.5, 0.6) is 0 Å². The van der Waals surface area contributed by atoms with Crippen molar-refractivity contribution in [3.63, 3.8) is 0 Å². The van der Waals surface area contributed by atoms with Gasteiger partial charge < -0.3 is 4.74 Å². The molecule has 0 spiro atoms. The van der Waals surface area contributed by atoms with E-state index in [4.69, 9.17) is 4.74 Å². The largest absolute Gasteiger partial charge is 0.382 e. The standard InChI is InChI=1S/C18H17N3O3/c1-24-7-18-13-9-10-12(14(10)18)15(11(9)13)20-16(22)19(17(23)21(18)20)8-5-3-2-4-6-8/h2-6,9-15H,7H2,1H3/t9-,10+,11-,12+,13-,14-,15?,18?/m0/s1. The van der Waals surface area contributed by atoms with Gasteiger partial charge in [0.25, 0.3) is 0 Å². The summed E-state index contributed by atoms with van der Waals surface area (Å²) in [6, 6.07) is 9.52. The molecule has 8 rings (SSSR count). The molecule has 24 heavy (non-hydrogen) atoms. The molecule has 8 atom stereocenters. The third kappa shape index (κ3) is 0.922. The molecule has 6 heteroatoms. The van der Waals surface area contributed by atoms with Crippen LogP contribution in [0.3, 0.4) is 0 Å². The molecule has 0 amide bonds. The molecule has 0 N–H and O–H groups in total. The highest BCUT2D eigenvalue weighted by Gasteiger charge is 2.95. The highest BCUT2D eigenvalue weighted by Crippen LogP contribution is 2.93. The van der Waals surface area contributed by atoms with Gasteiger partial charge in [0.15, 0.2) is 0 Å². The molecule has 3 heterocycles. The van der Waals surface area contributed by atoms with Crippen LogP contribution in [-0.4, -0.2) is 27.6 Å². The molecule has 2 aromatic rings. The molecule has 2 unspecified atom stereocenters. The van der Waals surface area contributed by atoms with Gasteiger partial charge in [0.1, 0.15) is 0 Å². The molecule has 1 aromatic carbocycles. The molecular formula is C18H17N3O3. The number of nitrogens with zero attached hydrogens (tertiary/aromatic N) is 3. The Morgan fingerprint density at radius 3 is 2.29 bits per heavy atom. The van der Waals surface area contributed by atoms with Crippen molar-refractivity contribution in [1.29, 1.82) is 0 Å². The van der Waals surface area contributed by atoms with E-state index in [0.29, 0.717) is 36.0 Å². The Kier molecular flexibility index (Phi) is 1.71. The van der Waals surface area contributed by atoms with Gasteiger partial charge in [0.2, 0.25) is 0 Å². The predicted octanol–water partition coefficient (Wildman–Crippen LogP) is 0.449. The molecule has 122 valence electrons. The van der Waals surface area contributed by atoms with E-state index in [1.807, 2.05) is 39.7 Å². The van der Waals surface area contributed by atoms with Gasteiger partial charge in [-0.3, -0.25) is 0 Å². The lowest BCUT2D eigenvalue weighted by atomic mass is 9.77. The Bertz CT molecular complexity index is 1010. The monoisotopic (exact) mass is 323 g/mol. The lowest BCUT2D eigenvalue weighted by Gasteiger charge is -2.46. The van der Waals surface area contributed by atoms with E-state index in [0.717, 1.165) is 11.8 Å². The quantitative estimate of drug-likeness (QED) is 0.824. The lowest BCUT2D eigenvalue weighted by Crippen LogP contribution is -2.59. The van der Waals surface area contributed by atoms with Gasteiger partial charge in [-0.1, -0.05) is 18.2 Å². The molecule has 4 aliphatic carbocycles. The second-order valence-electron chi connectivity index (χ2n) is 8.17. The van der Waals surface area contributed by atoms with Crippen LogP contribution in [0.1, 0.15) is 6.04 Å². The minimum atomic E-state index is -0.273. The van der Waals surface area contributed by atoms with E-state index < -0.39 is 0 Å². The summed E-state index contributed by atoms with van der Waals surface area (Å²) in [6.45, 7) is 0.549. The maximum absolute atomic E-state index is 13.3. The fraction of sp³-hybridized carbons (Fsp3) is 0.556. The van der Waals surface area contributed by atoms with Crippen LogP contribution < -0.4 is 11.4 Å². The number of ether oxygens (including phenoxy) is 1. The van der Waals surface area contributed by atoms with Crippen LogP contribution in [0, 0.1) is 35.5 Å². The second-order valence-corrected chi connectivity index (χ2v) is 8.17. The first kappa shape index (κ1) is 12.3. The molecule has 1 aromatic heterocycles.